The number of likely N-dealkylation sites (N-methyl/N-ethyl adjacent to an activating group) is 1. The third kappa shape index (κ3) is 3.42. The van der Waals surface area contributed by atoms with Crippen molar-refractivity contribution in [3.63, 3.8) is 0 Å². The number of anilines is 1. The molecule has 0 saturated heterocycles. The van der Waals surface area contributed by atoms with Crippen molar-refractivity contribution >= 4 is 16.5 Å². The first-order chi connectivity index (χ1) is 8.33. The highest BCUT2D eigenvalue weighted by Gasteiger charge is 2.21. The summed E-state index contributed by atoms with van der Waals surface area (Å²) in [6.45, 7) is 5.52. The van der Waals surface area contributed by atoms with Crippen LogP contribution >= 0.6 is 11.3 Å². The number of hydrogen-bond donors (Lipinski definition) is 1. The maximum absolute atomic E-state index is 4.73. The van der Waals surface area contributed by atoms with Gasteiger partial charge in [-0.05, 0) is 32.7 Å². The van der Waals surface area contributed by atoms with Crippen LogP contribution in [0.25, 0.3) is 0 Å². The minimum atomic E-state index is 0.916. The smallest absolute Gasteiger partial charge is 0.185 e. The summed E-state index contributed by atoms with van der Waals surface area (Å²) in [5.41, 5.74) is 1.23. The lowest BCUT2D eigenvalue weighted by Crippen LogP contribution is -2.32. The summed E-state index contributed by atoms with van der Waals surface area (Å²) in [5, 5.41) is 6.59. The predicted octanol–water partition coefficient (Wildman–Crippen LogP) is 2.53. The second-order valence-electron chi connectivity index (χ2n) is 4.81. The van der Waals surface area contributed by atoms with Crippen LogP contribution in [0, 0.1) is 5.92 Å². The SMILES string of the molecule is CCN(CC1CCC1)c1nc(CCNC)cs1. The molecule has 1 saturated carbocycles. The molecule has 0 atom stereocenters. The van der Waals surface area contributed by atoms with Gasteiger partial charge in [0.1, 0.15) is 0 Å². The zero-order chi connectivity index (χ0) is 12.1. The summed E-state index contributed by atoms with van der Waals surface area (Å²) < 4.78 is 0. The Balaban J connectivity index is 1.90. The summed E-state index contributed by atoms with van der Waals surface area (Å²) in [7, 11) is 1.99. The quantitative estimate of drug-likeness (QED) is 0.809. The van der Waals surface area contributed by atoms with Crippen LogP contribution < -0.4 is 10.2 Å². The van der Waals surface area contributed by atoms with Crippen LogP contribution in [0.5, 0.6) is 0 Å². The van der Waals surface area contributed by atoms with Crippen LogP contribution in [0.3, 0.4) is 0 Å². The molecule has 0 radical (unpaired) electrons. The van der Waals surface area contributed by atoms with Crippen molar-refractivity contribution in [3.05, 3.63) is 11.1 Å². The first-order valence-electron chi connectivity index (χ1n) is 6.67. The molecule has 3 nitrogen and oxygen atoms in total. The molecule has 96 valence electrons. The van der Waals surface area contributed by atoms with E-state index in [0.29, 0.717) is 0 Å². The van der Waals surface area contributed by atoms with E-state index >= 15 is 0 Å². The van der Waals surface area contributed by atoms with E-state index in [-0.39, 0.29) is 0 Å². The number of thiazole rings is 1. The fraction of sp³-hybridized carbons (Fsp3) is 0.769. The molecular weight excluding hydrogens is 230 g/mol. The van der Waals surface area contributed by atoms with Gasteiger partial charge >= 0.3 is 0 Å². The lowest BCUT2D eigenvalue weighted by molar-refractivity contribution is 0.318. The highest BCUT2D eigenvalue weighted by molar-refractivity contribution is 7.13. The molecule has 0 amide bonds. The van der Waals surface area contributed by atoms with Crippen LogP contribution in [-0.4, -0.2) is 31.7 Å². The normalized spacial score (nSPS) is 15.9. The zero-order valence-corrected chi connectivity index (χ0v) is 11.7. The highest BCUT2D eigenvalue weighted by atomic mass is 32.1. The Labute approximate surface area is 108 Å². The van der Waals surface area contributed by atoms with Gasteiger partial charge in [0.2, 0.25) is 0 Å². The topological polar surface area (TPSA) is 28.2 Å². The van der Waals surface area contributed by atoms with E-state index in [0.717, 1.165) is 25.4 Å². The van der Waals surface area contributed by atoms with E-state index in [9.17, 15) is 0 Å². The monoisotopic (exact) mass is 253 g/mol. The lowest BCUT2D eigenvalue weighted by atomic mass is 9.85. The third-order valence-electron chi connectivity index (χ3n) is 3.53. The molecule has 1 aromatic rings. The molecule has 0 unspecified atom stereocenters. The Hall–Kier alpha value is -0.610. The van der Waals surface area contributed by atoms with Crippen molar-refractivity contribution < 1.29 is 0 Å². The van der Waals surface area contributed by atoms with Gasteiger partial charge in [-0.15, -0.1) is 11.3 Å². The van der Waals surface area contributed by atoms with Crippen molar-refractivity contribution in [2.24, 2.45) is 5.92 Å². The van der Waals surface area contributed by atoms with Gasteiger partial charge in [0, 0.05) is 31.4 Å². The average molecular weight is 253 g/mol. The molecule has 2 rings (SSSR count). The second-order valence-corrected chi connectivity index (χ2v) is 5.65. The maximum atomic E-state index is 4.73. The molecule has 0 aliphatic heterocycles. The molecule has 0 aromatic carbocycles. The van der Waals surface area contributed by atoms with E-state index in [2.05, 4.69) is 22.5 Å². The second kappa shape index (κ2) is 6.36. The van der Waals surface area contributed by atoms with Crippen molar-refractivity contribution in [1.82, 2.24) is 10.3 Å². The summed E-state index contributed by atoms with van der Waals surface area (Å²) in [5.74, 6) is 0.916. The van der Waals surface area contributed by atoms with Crippen molar-refractivity contribution in [2.75, 3.05) is 31.6 Å². The number of aromatic nitrogens is 1. The molecule has 1 heterocycles. The standard InChI is InChI=1S/C13H23N3S/c1-3-16(9-11-5-4-6-11)13-15-12(10-17-13)7-8-14-2/h10-11,14H,3-9H2,1-2H3. The van der Waals surface area contributed by atoms with Gasteiger partial charge in [0.15, 0.2) is 5.13 Å². The summed E-state index contributed by atoms with van der Waals surface area (Å²) in [4.78, 5) is 7.18. The Morgan fingerprint density at radius 1 is 1.53 bits per heavy atom. The molecular formula is C13H23N3S. The van der Waals surface area contributed by atoms with E-state index in [1.807, 2.05) is 7.05 Å². The molecule has 1 aliphatic carbocycles. The lowest BCUT2D eigenvalue weighted by Gasteiger charge is -2.31. The van der Waals surface area contributed by atoms with Crippen molar-refractivity contribution in [2.45, 2.75) is 32.6 Å². The minimum Gasteiger partial charge on any atom is -0.348 e. The van der Waals surface area contributed by atoms with Gasteiger partial charge < -0.3 is 10.2 Å². The van der Waals surface area contributed by atoms with Crippen LogP contribution in [-0.2, 0) is 6.42 Å². The van der Waals surface area contributed by atoms with Crippen molar-refractivity contribution in [3.8, 4) is 0 Å². The summed E-state index contributed by atoms with van der Waals surface area (Å²) in [6.07, 6.45) is 5.28. The molecule has 17 heavy (non-hydrogen) atoms. The van der Waals surface area contributed by atoms with Gasteiger partial charge in [-0.3, -0.25) is 0 Å². The molecule has 0 spiro atoms. The highest BCUT2D eigenvalue weighted by Crippen LogP contribution is 2.30. The Morgan fingerprint density at radius 3 is 2.94 bits per heavy atom. The minimum absolute atomic E-state index is 0.916. The van der Waals surface area contributed by atoms with Crippen molar-refractivity contribution in [1.29, 1.82) is 0 Å². The molecule has 1 N–H and O–H groups in total. The largest absolute Gasteiger partial charge is 0.348 e. The first-order valence-corrected chi connectivity index (χ1v) is 7.55. The van der Waals surface area contributed by atoms with Crippen LogP contribution in [0.1, 0.15) is 31.9 Å². The average Bonchev–Trinajstić information content (AvgIpc) is 2.74. The van der Waals surface area contributed by atoms with Gasteiger partial charge in [0.25, 0.3) is 0 Å². The van der Waals surface area contributed by atoms with E-state index < -0.39 is 0 Å². The Bertz CT molecular complexity index is 333. The molecule has 1 aromatic heterocycles. The number of nitrogens with zero attached hydrogens (tertiary/aromatic N) is 2. The van der Waals surface area contributed by atoms with Gasteiger partial charge in [-0.1, -0.05) is 6.42 Å². The van der Waals surface area contributed by atoms with Gasteiger partial charge in [-0.25, -0.2) is 4.98 Å². The van der Waals surface area contributed by atoms with E-state index in [4.69, 9.17) is 4.98 Å². The molecule has 1 aliphatic rings. The number of hydrogen-bond acceptors (Lipinski definition) is 4. The van der Waals surface area contributed by atoms with Crippen LogP contribution in [0.4, 0.5) is 5.13 Å². The van der Waals surface area contributed by atoms with Gasteiger partial charge in [-0.2, -0.15) is 0 Å². The molecule has 0 bridgehead atoms. The van der Waals surface area contributed by atoms with Crippen LogP contribution in [0.2, 0.25) is 0 Å². The summed E-state index contributed by atoms with van der Waals surface area (Å²) >= 11 is 1.80. The fourth-order valence-electron chi connectivity index (χ4n) is 2.14. The first kappa shape index (κ1) is 12.8. The fourth-order valence-corrected chi connectivity index (χ4v) is 3.07. The maximum Gasteiger partial charge on any atom is 0.185 e. The molecule has 4 heteroatoms. The van der Waals surface area contributed by atoms with Crippen LogP contribution in [0.15, 0.2) is 5.38 Å². The Morgan fingerprint density at radius 2 is 2.35 bits per heavy atom. The summed E-state index contributed by atoms with van der Waals surface area (Å²) in [6, 6.07) is 0. The van der Waals surface area contributed by atoms with E-state index in [1.165, 1.54) is 36.6 Å². The van der Waals surface area contributed by atoms with E-state index in [1.54, 1.807) is 11.3 Å². The zero-order valence-electron chi connectivity index (χ0n) is 10.9. The number of nitrogens with one attached hydrogen (secondary N) is 1. The third-order valence-corrected chi connectivity index (χ3v) is 4.48. The van der Waals surface area contributed by atoms with Gasteiger partial charge in [0.05, 0.1) is 5.69 Å². The number of rotatable bonds is 7. The predicted molar refractivity (Wildman–Crippen MR) is 75.0 cm³/mol. The molecule has 1 fully saturated rings. The Kier molecular flexibility index (Phi) is 4.80.